The van der Waals surface area contributed by atoms with E-state index in [9.17, 15) is 5.11 Å². The van der Waals surface area contributed by atoms with Gasteiger partial charge in [0.25, 0.3) is 0 Å². The molecule has 16 heavy (non-hydrogen) atoms. The molecule has 1 fully saturated rings. The van der Waals surface area contributed by atoms with E-state index in [0.29, 0.717) is 5.88 Å². The molecule has 0 spiro atoms. The third-order valence-corrected chi connectivity index (χ3v) is 3.15. The molecule has 2 N–H and O–H groups in total. The van der Waals surface area contributed by atoms with E-state index >= 15 is 0 Å². The van der Waals surface area contributed by atoms with Gasteiger partial charge in [-0.25, -0.2) is 4.98 Å². The number of methoxy groups -OCH3 is 1. The Morgan fingerprint density at radius 2 is 2.38 bits per heavy atom. The van der Waals surface area contributed by atoms with Crippen molar-refractivity contribution in [3.05, 3.63) is 23.9 Å². The summed E-state index contributed by atoms with van der Waals surface area (Å²) in [6.45, 7) is 1.88. The van der Waals surface area contributed by atoms with Crippen LogP contribution in [0.4, 0.5) is 0 Å². The highest BCUT2D eigenvalue weighted by molar-refractivity contribution is 5.25. The van der Waals surface area contributed by atoms with Crippen molar-refractivity contribution in [1.82, 2.24) is 10.3 Å². The molecule has 0 bridgehead atoms. The van der Waals surface area contributed by atoms with Crippen LogP contribution in [0.25, 0.3) is 0 Å². The number of ether oxygens (including phenoxy) is 1. The van der Waals surface area contributed by atoms with Crippen LogP contribution in [0.3, 0.4) is 0 Å². The van der Waals surface area contributed by atoms with Crippen LogP contribution in [0, 0.1) is 5.41 Å². The Hall–Kier alpha value is -1.13. The molecule has 1 aliphatic carbocycles. The van der Waals surface area contributed by atoms with Crippen LogP contribution in [0.1, 0.15) is 18.4 Å². The largest absolute Gasteiger partial charge is 0.481 e. The predicted molar refractivity (Wildman–Crippen MR) is 61.2 cm³/mol. The molecular weight excluding hydrogens is 204 g/mol. The van der Waals surface area contributed by atoms with Crippen molar-refractivity contribution in [3.63, 3.8) is 0 Å². The van der Waals surface area contributed by atoms with Crippen LogP contribution in [0.15, 0.2) is 18.3 Å². The summed E-state index contributed by atoms with van der Waals surface area (Å²) in [5, 5.41) is 12.5. The SMILES string of the molecule is COc1ncccc1CNCC1(CO)CC1. The van der Waals surface area contributed by atoms with E-state index in [1.54, 1.807) is 13.3 Å². The summed E-state index contributed by atoms with van der Waals surface area (Å²) in [7, 11) is 1.63. The topological polar surface area (TPSA) is 54.4 Å². The number of aliphatic hydroxyl groups excluding tert-OH is 1. The van der Waals surface area contributed by atoms with Gasteiger partial charge >= 0.3 is 0 Å². The normalized spacial score (nSPS) is 17.1. The summed E-state index contributed by atoms with van der Waals surface area (Å²) in [4.78, 5) is 4.14. The van der Waals surface area contributed by atoms with Gasteiger partial charge in [-0.3, -0.25) is 0 Å². The first-order chi connectivity index (χ1) is 7.79. The lowest BCUT2D eigenvalue weighted by Crippen LogP contribution is -2.26. The Bertz CT molecular complexity index is 351. The average Bonchev–Trinajstić information content (AvgIpc) is 3.10. The second-order valence-corrected chi connectivity index (χ2v) is 4.43. The molecule has 0 unspecified atom stereocenters. The molecule has 0 amide bonds. The molecule has 0 aliphatic heterocycles. The average molecular weight is 222 g/mol. The van der Waals surface area contributed by atoms with Crippen LogP contribution < -0.4 is 10.1 Å². The van der Waals surface area contributed by atoms with Gasteiger partial charge in [0.1, 0.15) is 0 Å². The van der Waals surface area contributed by atoms with Gasteiger partial charge in [-0.15, -0.1) is 0 Å². The highest BCUT2D eigenvalue weighted by Crippen LogP contribution is 2.44. The standard InChI is InChI=1S/C12H18N2O2/c1-16-11-10(3-2-6-14-11)7-13-8-12(9-15)4-5-12/h2-3,6,13,15H,4-5,7-9H2,1H3. The van der Waals surface area contributed by atoms with Crippen molar-refractivity contribution in [2.75, 3.05) is 20.3 Å². The smallest absolute Gasteiger partial charge is 0.217 e. The van der Waals surface area contributed by atoms with E-state index in [1.165, 1.54) is 0 Å². The van der Waals surface area contributed by atoms with Crippen molar-refractivity contribution >= 4 is 0 Å². The number of pyridine rings is 1. The summed E-state index contributed by atoms with van der Waals surface area (Å²) in [5.74, 6) is 0.670. The molecule has 0 saturated heterocycles. The highest BCUT2D eigenvalue weighted by atomic mass is 16.5. The maximum Gasteiger partial charge on any atom is 0.217 e. The second-order valence-electron chi connectivity index (χ2n) is 4.43. The van der Waals surface area contributed by atoms with Gasteiger partial charge in [0.15, 0.2) is 0 Å². The van der Waals surface area contributed by atoms with Crippen molar-refractivity contribution in [3.8, 4) is 5.88 Å². The molecule has 1 heterocycles. The number of rotatable bonds is 6. The molecule has 0 radical (unpaired) electrons. The van der Waals surface area contributed by atoms with E-state index in [0.717, 1.165) is 31.5 Å². The fourth-order valence-corrected chi connectivity index (χ4v) is 1.77. The molecule has 0 atom stereocenters. The molecule has 4 heteroatoms. The lowest BCUT2D eigenvalue weighted by atomic mass is 10.1. The molecule has 1 aromatic heterocycles. The predicted octanol–water partition coefficient (Wildman–Crippen LogP) is 0.952. The van der Waals surface area contributed by atoms with E-state index in [4.69, 9.17) is 4.74 Å². The van der Waals surface area contributed by atoms with Gasteiger partial charge in [0.05, 0.1) is 7.11 Å². The van der Waals surface area contributed by atoms with E-state index in [-0.39, 0.29) is 12.0 Å². The van der Waals surface area contributed by atoms with Gasteiger partial charge in [0, 0.05) is 36.9 Å². The van der Waals surface area contributed by atoms with Crippen LogP contribution >= 0.6 is 0 Å². The second kappa shape index (κ2) is 4.80. The van der Waals surface area contributed by atoms with Crippen LogP contribution in [-0.2, 0) is 6.54 Å². The molecule has 2 rings (SSSR count). The Morgan fingerprint density at radius 1 is 1.56 bits per heavy atom. The quantitative estimate of drug-likeness (QED) is 0.752. The number of hydrogen-bond acceptors (Lipinski definition) is 4. The summed E-state index contributed by atoms with van der Waals surface area (Å²) in [6.07, 6.45) is 3.97. The first kappa shape index (κ1) is 11.4. The molecule has 1 aromatic rings. The molecule has 0 aromatic carbocycles. The van der Waals surface area contributed by atoms with E-state index in [1.807, 2.05) is 12.1 Å². The number of aliphatic hydroxyl groups is 1. The Labute approximate surface area is 95.7 Å². The molecule has 1 saturated carbocycles. The molecule has 1 aliphatic rings. The maximum atomic E-state index is 9.18. The Kier molecular flexibility index (Phi) is 3.41. The van der Waals surface area contributed by atoms with Crippen LogP contribution in [0.2, 0.25) is 0 Å². The zero-order valence-corrected chi connectivity index (χ0v) is 9.57. The summed E-state index contributed by atoms with van der Waals surface area (Å²) >= 11 is 0. The number of nitrogens with one attached hydrogen (secondary N) is 1. The zero-order chi connectivity index (χ0) is 11.4. The van der Waals surface area contributed by atoms with Gasteiger partial charge in [-0.05, 0) is 18.9 Å². The third-order valence-electron chi connectivity index (χ3n) is 3.15. The zero-order valence-electron chi connectivity index (χ0n) is 9.57. The van der Waals surface area contributed by atoms with Gasteiger partial charge in [-0.1, -0.05) is 6.07 Å². The first-order valence-electron chi connectivity index (χ1n) is 5.59. The third kappa shape index (κ3) is 2.51. The van der Waals surface area contributed by atoms with E-state index in [2.05, 4.69) is 10.3 Å². The Balaban J connectivity index is 1.85. The lowest BCUT2D eigenvalue weighted by Gasteiger charge is -2.13. The van der Waals surface area contributed by atoms with Crippen molar-refractivity contribution in [2.24, 2.45) is 5.41 Å². The lowest BCUT2D eigenvalue weighted by molar-refractivity contribution is 0.207. The fourth-order valence-electron chi connectivity index (χ4n) is 1.77. The van der Waals surface area contributed by atoms with Crippen molar-refractivity contribution < 1.29 is 9.84 Å². The van der Waals surface area contributed by atoms with Crippen LogP contribution in [-0.4, -0.2) is 30.4 Å². The summed E-state index contributed by atoms with van der Waals surface area (Å²) in [5.41, 5.74) is 1.20. The maximum absolute atomic E-state index is 9.18. The first-order valence-corrected chi connectivity index (χ1v) is 5.59. The molecule has 4 nitrogen and oxygen atoms in total. The van der Waals surface area contributed by atoms with E-state index < -0.39 is 0 Å². The number of nitrogens with zero attached hydrogens (tertiary/aromatic N) is 1. The van der Waals surface area contributed by atoms with Crippen molar-refractivity contribution in [1.29, 1.82) is 0 Å². The van der Waals surface area contributed by atoms with Gasteiger partial charge < -0.3 is 15.2 Å². The fraction of sp³-hybridized carbons (Fsp3) is 0.583. The number of hydrogen-bond donors (Lipinski definition) is 2. The van der Waals surface area contributed by atoms with Crippen molar-refractivity contribution in [2.45, 2.75) is 19.4 Å². The molecule has 88 valence electrons. The van der Waals surface area contributed by atoms with Crippen LogP contribution in [0.5, 0.6) is 5.88 Å². The minimum Gasteiger partial charge on any atom is -0.481 e. The summed E-state index contributed by atoms with van der Waals surface area (Å²) in [6, 6.07) is 3.90. The summed E-state index contributed by atoms with van der Waals surface area (Å²) < 4.78 is 5.17. The van der Waals surface area contributed by atoms with Gasteiger partial charge in [0.2, 0.25) is 5.88 Å². The minimum absolute atomic E-state index is 0.148. The number of aromatic nitrogens is 1. The van der Waals surface area contributed by atoms with Gasteiger partial charge in [-0.2, -0.15) is 0 Å². The highest BCUT2D eigenvalue weighted by Gasteiger charge is 2.41. The monoisotopic (exact) mass is 222 g/mol. The Morgan fingerprint density at radius 3 is 3.00 bits per heavy atom. The molecular formula is C12H18N2O2. The minimum atomic E-state index is 0.148.